The van der Waals surface area contributed by atoms with E-state index in [1.165, 1.54) is 6.08 Å². The van der Waals surface area contributed by atoms with Gasteiger partial charge in [-0.3, -0.25) is 9.78 Å². The third kappa shape index (κ3) is 5.59. The van der Waals surface area contributed by atoms with Gasteiger partial charge in [-0.05, 0) is 31.1 Å². The number of aromatic nitrogens is 1. The van der Waals surface area contributed by atoms with Gasteiger partial charge in [0, 0.05) is 25.0 Å². The number of hydrogen-bond donors (Lipinski definition) is 2. The molecule has 0 radical (unpaired) electrons. The van der Waals surface area contributed by atoms with Gasteiger partial charge >= 0.3 is 0 Å². The number of hydrogen-bond acceptors (Lipinski definition) is 3. The molecule has 1 aromatic rings. The predicted octanol–water partition coefficient (Wildman–Crippen LogP) is 1.76. The number of rotatable bonds is 6. The van der Waals surface area contributed by atoms with E-state index >= 15 is 0 Å². The van der Waals surface area contributed by atoms with Crippen LogP contribution < -0.4 is 5.32 Å². The molecule has 2 N–H and O–H groups in total. The van der Waals surface area contributed by atoms with E-state index in [0.29, 0.717) is 6.42 Å². The van der Waals surface area contributed by atoms with Crippen molar-refractivity contribution < 1.29 is 9.90 Å². The van der Waals surface area contributed by atoms with Crippen LogP contribution in [-0.2, 0) is 4.79 Å². The van der Waals surface area contributed by atoms with Crippen LogP contribution in [0, 0.1) is 0 Å². The van der Waals surface area contributed by atoms with Crippen LogP contribution >= 0.6 is 0 Å². The first-order valence-corrected chi connectivity index (χ1v) is 6.12. The number of nitrogens with one attached hydrogen (secondary N) is 1. The summed E-state index contributed by atoms with van der Waals surface area (Å²) in [6.07, 6.45) is 8.04. The van der Waals surface area contributed by atoms with Crippen molar-refractivity contribution in [3.05, 3.63) is 36.2 Å². The normalized spacial score (nSPS) is 14.4. The van der Waals surface area contributed by atoms with Crippen LogP contribution in [-0.4, -0.2) is 28.1 Å². The van der Waals surface area contributed by atoms with Gasteiger partial charge in [-0.25, -0.2) is 0 Å². The van der Waals surface area contributed by atoms with Gasteiger partial charge in [0.05, 0.1) is 5.60 Å². The average Bonchev–Trinajstić information content (AvgIpc) is 2.35. The summed E-state index contributed by atoms with van der Waals surface area (Å²) in [4.78, 5) is 15.5. The lowest BCUT2D eigenvalue weighted by Crippen LogP contribution is -2.39. The summed E-state index contributed by atoms with van der Waals surface area (Å²) < 4.78 is 0. The van der Waals surface area contributed by atoms with E-state index in [-0.39, 0.29) is 12.5 Å². The molecule has 0 aliphatic rings. The maximum Gasteiger partial charge on any atom is 0.244 e. The molecule has 18 heavy (non-hydrogen) atoms. The average molecular weight is 248 g/mol. The fraction of sp³-hybridized carbons (Fsp3) is 0.429. The summed E-state index contributed by atoms with van der Waals surface area (Å²) in [5.41, 5.74) is 0.0278. The highest BCUT2D eigenvalue weighted by atomic mass is 16.3. The van der Waals surface area contributed by atoms with E-state index in [1.54, 1.807) is 25.4 Å². The zero-order valence-electron chi connectivity index (χ0n) is 10.9. The van der Waals surface area contributed by atoms with Gasteiger partial charge in [-0.15, -0.1) is 0 Å². The third-order valence-electron chi connectivity index (χ3n) is 2.54. The number of nitrogens with zero attached hydrogens (tertiary/aromatic N) is 1. The Labute approximate surface area is 108 Å². The molecule has 1 heterocycles. The number of carbonyl (C=O) groups is 1. The van der Waals surface area contributed by atoms with E-state index in [9.17, 15) is 9.90 Å². The molecule has 0 aliphatic carbocycles. The van der Waals surface area contributed by atoms with Gasteiger partial charge in [0.1, 0.15) is 0 Å². The number of aliphatic hydroxyl groups is 1. The Morgan fingerprint density at radius 3 is 3.00 bits per heavy atom. The van der Waals surface area contributed by atoms with Gasteiger partial charge in [0.2, 0.25) is 5.91 Å². The highest BCUT2D eigenvalue weighted by Gasteiger charge is 2.18. The van der Waals surface area contributed by atoms with E-state index in [1.807, 2.05) is 19.1 Å². The molecule has 4 nitrogen and oxygen atoms in total. The molecule has 4 heteroatoms. The highest BCUT2D eigenvalue weighted by Crippen LogP contribution is 2.09. The smallest absolute Gasteiger partial charge is 0.244 e. The van der Waals surface area contributed by atoms with Crippen LogP contribution in [0.25, 0.3) is 6.08 Å². The fourth-order valence-electron chi connectivity index (χ4n) is 1.61. The van der Waals surface area contributed by atoms with Gasteiger partial charge < -0.3 is 10.4 Å². The van der Waals surface area contributed by atoms with Crippen LogP contribution in [0.4, 0.5) is 0 Å². The van der Waals surface area contributed by atoms with Gasteiger partial charge in [-0.2, -0.15) is 0 Å². The van der Waals surface area contributed by atoms with Crippen molar-refractivity contribution in [3.63, 3.8) is 0 Å². The molecule has 0 fully saturated rings. The molecule has 0 spiro atoms. The molecule has 0 aliphatic heterocycles. The van der Waals surface area contributed by atoms with Crippen molar-refractivity contribution >= 4 is 12.0 Å². The molecular weight excluding hydrogens is 228 g/mol. The molecule has 1 amide bonds. The zero-order chi connectivity index (χ0) is 13.4. The van der Waals surface area contributed by atoms with Gasteiger partial charge in [0.15, 0.2) is 0 Å². The minimum absolute atomic E-state index is 0.213. The van der Waals surface area contributed by atoms with E-state index in [0.717, 1.165) is 12.0 Å². The highest BCUT2D eigenvalue weighted by molar-refractivity contribution is 5.91. The monoisotopic (exact) mass is 248 g/mol. The van der Waals surface area contributed by atoms with Crippen molar-refractivity contribution in [2.45, 2.75) is 32.3 Å². The maximum atomic E-state index is 11.5. The molecule has 98 valence electrons. The first-order valence-electron chi connectivity index (χ1n) is 6.12. The molecule has 0 aromatic carbocycles. The quantitative estimate of drug-likeness (QED) is 0.754. The van der Waals surface area contributed by atoms with Crippen molar-refractivity contribution in [2.75, 3.05) is 6.54 Å². The lowest BCUT2D eigenvalue weighted by molar-refractivity contribution is -0.117. The number of amides is 1. The lowest BCUT2D eigenvalue weighted by atomic mass is 10.0. The van der Waals surface area contributed by atoms with Crippen molar-refractivity contribution in [1.82, 2.24) is 10.3 Å². The van der Waals surface area contributed by atoms with Crippen molar-refractivity contribution in [3.8, 4) is 0 Å². The standard InChI is InChI=1S/C14H20N2O2/c1-3-8-14(2,18)11-16-13(17)7-6-12-5-4-9-15-10-12/h4-7,9-10,18H,3,8,11H2,1-2H3,(H,16,17)/b7-6+. The lowest BCUT2D eigenvalue weighted by Gasteiger charge is -2.22. The fourth-order valence-corrected chi connectivity index (χ4v) is 1.61. The first kappa shape index (κ1) is 14.4. The summed E-state index contributed by atoms with van der Waals surface area (Å²) in [6, 6.07) is 3.67. The van der Waals surface area contributed by atoms with Crippen LogP contribution in [0.3, 0.4) is 0 Å². The third-order valence-corrected chi connectivity index (χ3v) is 2.54. The number of pyridine rings is 1. The first-order chi connectivity index (χ1) is 8.53. The molecule has 1 aromatic heterocycles. The Morgan fingerprint density at radius 1 is 1.61 bits per heavy atom. The Balaban J connectivity index is 2.41. The Morgan fingerprint density at radius 2 is 2.39 bits per heavy atom. The van der Waals surface area contributed by atoms with E-state index in [4.69, 9.17) is 0 Å². The molecule has 1 rings (SSSR count). The van der Waals surface area contributed by atoms with Crippen LogP contribution in [0.2, 0.25) is 0 Å². The molecule has 0 saturated heterocycles. The second kappa shape index (κ2) is 6.91. The second-order valence-electron chi connectivity index (χ2n) is 4.58. The van der Waals surface area contributed by atoms with Gasteiger partial charge in [-0.1, -0.05) is 19.4 Å². The summed E-state index contributed by atoms with van der Waals surface area (Å²) in [7, 11) is 0. The molecule has 1 atom stereocenters. The molecule has 1 unspecified atom stereocenters. The Hall–Kier alpha value is -1.68. The summed E-state index contributed by atoms with van der Waals surface area (Å²) in [6.45, 7) is 3.98. The summed E-state index contributed by atoms with van der Waals surface area (Å²) in [5, 5.41) is 12.6. The van der Waals surface area contributed by atoms with E-state index in [2.05, 4.69) is 10.3 Å². The second-order valence-corrected chi connectivity index (χ2v) is 4.58. The topological polar surface area (TPSA) is 62.2 Å². The molecular formula is C14H20N2O2. The van der Waals surface area contributed by atoms with Crippen molar-refractivity contribution in [1.29, 1.82) is 0 Å². The minimum Gasteiger partial charge on any atom is -0.388 e. The zero-order valence-corrected chi connectivity index (χ0v) is 10.9. The van der Waals surface area contributed by atoms with Gasteiger partial charge in [0.25, 0.3) is 0 Å². The Bertz CT molecular complexity index is 400. The SMILES string of the molecule is CCCC(C)(O)CNC(=O)/C=C/c1cccnc1. The maximum absolute atomic E-state index is 11.5. The minimum atomic E-state index is -0.841. The summed E-state index contributed by atoms with van der Waals surface area (Å²) in [5.74, 6) is -0.213. The number of carbonyl (C=O) groups excluding carboxylic acids is 1. The molecule has 0 saturated carbocycles. The van der Waals surface area contributed by atoms with Crippen molar-refractivity contribution in [2.24, 2.45) is 0 Å². The predicted molar refractivity (Wildman–Crippen MR) is 71.8 cm³/mol. The van der Waals surface area contributed by atoms with Crippen LogP contribution in [0.15, 0.2) is 30.6 Å². The molecule has 0 bridgehead atoms. The Kier molecular flexibility index (Phi) is 5.52. The van der Waals surface area contributed by atoms with Crippen LogP contribution in [0.5, 0.6) is 0 Å². The largest absolute Gasteiger partial charge is 0.388 e. The van der Waals surface area contributed by atoms with Crippen LogP contribution in [0.1, 0.15) is 32.3 Å². The van der Waals surface area contributed by atoms with E-state index < -0.39 is 5.60 Å². The summed E-state index contributed by atoms with van der Waals surface area (Å²) >= 11 is 0.